The lowest BCUT2D eigenvalue weighted by atomic mass is 10.3. The second-order valence-corrected chi connectivity index (χ2v) is 5.02. The summed E-state index contributed by atoms with van der Waals surface area (Å²) in [5, 5.41) is 11.4. The first-order chi connectivity index (χ1) is 9.04. The van der Waals surface area contributed by atoms with Crippen LogP contribution < -0.4 is 10.1 Å². The first-order valence-corrected chi connectivity index (χ1v) is 7.07. The summed E-state index contributed by atoms with van der Waals surface area (Å²) in [6, 6.07) is 3.20. The van der Waals surface area contributed by atoms with Crippen molar-refractivity contribution in [2.75, 3.05) is 11.9 Å². The Morgan fingerprint density at radius 1 is 1.53 bits per heavy atom. The van der Waals surface area contributed by atoms with Gasteiger partial charge < -0.3 is 9.84 Å². The second kappa shape index (κ2) is 8.12. The van der Waals surface area contributed by atoms with Crippen molar-refractivity contribution in [2.45, 2.75) is 19.8 Å². The van der Waals surface area contributed by atoms with Crippen LogP contribution in [-0.4, -0.2) is 17.8 Å². The smallest absolute Gasteiger partial charge is 0.409 e. The van der Waals surface area contributed by atoms with Gasteiger partial charge in [0.25, 0.3) is 0 Å². The Labute approximate surface area is 130 Å². The van der Waals surface area contributed by atoms with Crippen molar-refractivity contribution in [3.8, 4) is 17.6 Å². The van der Waals surface area contributed by atoms with Crippen LogP contribution in [-0.2, 0) is 0 Å². The molecule has 0 heterocycles. The first-order valence-electron chi connectivity index (χ1n) is 5.62. The summed E-state index contributed by atoms with van der Waals surface area (Å²) in [4.78, 5) is 10.7. The van der Waals surface area contributed by atoms with Crippen LogP contribution in [0.15, 0.2) is 12.1 Å². The van der Waals surface area contributed by atoms with Gasteiger partial charge in [0.05, 0.1) is 15.9 Å². The van der Waals surface area contributed by atoms with Crippen molar-refractivity contribution in [3.63, 3.8) is 0 Å². The lowest BCUT2D eigenvalue weighted by molar-refractivity contribution is 0.209. The lowest BCUT2D eigenvalue weighted by Gasteiger charge is -2.11. The van der Waals surface area contributed by atoms with Crippen molar-refractivity contribution in [1.82, 2.24) is 0 Å². The molecule has 0 radical (unpaired) electrons. The molecular weight excluding hydrogens is 381 g/mol. The van der Waals surface area contributed by atoms with Gasteiger partial charge in [0, 0.05) is 23.9 Å². The Hall–Kier alpha value is -1.13. The van der Waals surface area contributed by atoms with Crippen LogP contribution in [0, 0.1) is 15.4 Å². The van der Waals surface area contributed by atoms with E-state index in [0.29, 0.717) is 33.1 Å². The molecule has 1 aromatic carbocycles. The van der Waals surface area contributed by atoms with E-state index in [1.54, 1.807) is 12.1 Å². The molecule has 19 heavy (non-hydrogen) atoms. The molecule has 1 rings (SSSR count). The SMILES string of the molecule is CCC#CCCOc1cc(Cl)cc(NC(=O)O)c1I. The van der Waals surface area contributed by atoms with E-state index in [9.17, 15) is 4.79 Å². The summed E-state index contributed by atoms with van der Waals surface area (Å²) in [6.07, 6.45) is 0.305. The number of hydrogen-bond acceptors (Lipinski definition) is 2. The Bertz CT molecular complexity index is 523. The molecular formula is C13H13ClINO3. The summed E-state index contributed by atoms with van der Waals surface area (Å²) in [5.74, 6) is 6.47. The molecule has 0 aliphatic heterocycles. The minimum Gasteiger partial charge on any atom is -0.491 e. The number of carbonyl (C=O) groups is 1. The van der Waals surface area contributed by atoms with Crippen molar-refractivity contribution in [2.24, 2.45) is 0 Å². The van der Waals surface area contributed by atoms with Gasteiger partial charge in [-0.15, -0.1) is 5.92 Å². The van der Waals surface area contributed by atoms with E-state index in [1.807, 2.05) is 29.5 Å². The van der Waals surface area contributed by atoms with Crippen LogP contribution in [0.5, 0.6) is 5.75 Å². The number of anilines is 1. The Kier molecular flexibility index (Phi) is 6.81. The highest BCUT2D eigenvalue weighted by Gasteiger charge is 2.11. The van der Waals surface area contributed by atoms with Gasteiger partial charge in [0.15, 0.2) is 0 Å². The first kappa shape index (κ1) is 15.9. The fourth-order valence-corrected chi connectivity index (χ4v) is 2.11. The summed E-state index contributed by atoms with van der Waals surface area (Å²) in [7, 11) is 0. The van der Waals surface area contributed by atoms with Crippen molar-refractivity contribution < 1.29 is 14.6 Å². The van der Waals surface area contributed by atoms with E-state index >= 15 is 0 Å². The third kappa shape index (κ3) is 5.57. The molecule has 102 valence electrons. The summed E-state index contributed by atoms with van der Waals surface area (Å²) >= 11 is 7.94. The Balaban J connectivity index is 2.77. The van der Waals surface area contributed by atoms with Crippen molar-refractivity contribution in [1.29, 1.82) is 0 Å². The predicted octanol–water partition coefficient (Wildman–Crippen LogP) is 4.22. The van der Waals surface area contributed by atoms with E-state index in [1.165, 1.54) is 0 Å². The van der Waals surface area contributed by atoms with Gasteiger partial charge in [0.2, 0.25) is 0 Å². The van der Waals surface area contributed by atoms with Gasteiger partial charge in [-0.25, -0.2) is 4.79 Å². The molecule has 0 unspecified atom stereocenters. The van der Waals surface area contributed by atoms with Crippen LogP contribution in [0.25, 0.3) is 0 Å². The van der Waals surface area contributed by atoms with Gasteiger partial charge in [-0.1, -0.05) is 24.4 Å². The third-order valence-corrected chi connectivity index (χ3v) is 3.36. The van der Waals surface area contributed by atoms with E-state index in [2.05, 4.69) is 17.2 Å². The van der Waals surface area contributed by atoms with Gasteiger partial charge in [-0.05, 0) is 28.7 Å². The minimum absolute atomic E-state index is 0.412. The quantitative estimate of drug-likeness (QED) is 0.457. The topological polar surface area (TPSA) is 58.6 Å². The average Bonchev–Trinajstić information content (AvgIpc) is 2.33. The fourth-order valence-electron chi connectivity index (χ4n) is 1.30. The molecule has 2 N–H and O–H groups in total. The molecule has 6 heteroatoms. The van der Waals surface area contributed by atoms with Crippen molar-refractivity contribution in [3.05, 3.63) is 20.7 Å². The van der Waals surface area contributed by atoms with E-state index in [0.717, 1.165) is 6.42 Å². The Morgan fingerprint density at radius 2 is 2.26 bits per heavy atom. The number of benzene rings is 1. The zero-order valence-corrected chi connectivity index (χ0v) is 13.2. The highest BCUT2D eigenvalue weighted by Crippen LogP contribution is 2.32. The van der Waals surface area contributed by atoms with Gasteiger partial charge in [0.1, 0.15) is 5.75 Å². The van der Waals surface area contributed by atoms with E-state index < -0.39 is 6.09 Å². The predicted molar refractivity (Wildman–Crippen MR) is 84.0 cm³/mol. The third-order valence-electron chi connectivity index (χ3n) is 2.03. The molecule has 1 amide bonds. The highest BCUT2D eigenvalue weighted by atomic mass is 127. The molecule has 0 aromatic heterocycles. The number of hydrogen-bond donors (Lipinski definition) is 2. The summed E-state index contributed by atoms with van der Waals surface area (Å²) in [6.45, 7) is 2.42. The zero-order chi connectivity index (χ0) is 14.3. The minimum atomic E-state index is -1.14. The molecule has 4 nitrogen and oxygen atoms in total. The summed E-state index contributed by atoms with van der Waals surface area (Å²) < 4.78 is 6.23. The number of ether oxygens (including phenoxy) is 1. The summed E-state index contributed by atoms with van der Waals surface area (Å²) in [5.41, 5.74) is 0.412. The monoisotopic (exact) mass is 393 g/mol. The molecule has 0 bridgehead atoms. The fraction of sp³-hybridized carbons (Fsp3) is 0.308. The molecule has 0 aliphatic carbocycles. The number of halogens is 2. The maximum Gasteiger partial charge on any atom is 0.409 e. The van der Waals surface area contributed by atoms with Crippen LogP contribution in [0.2, 0.25) is 5.02 Å². The molecule has 0 saturated carbocycles. The van der Waals surface area contributed by atoms with Crippen LogP contribution in [0.1, 0.15) is 19.8 Å². The lowest BCUT2D eigenvalue weighted by Crippen LogP contribution is -2.09. The van der Waals surface area contributed by atoms with Gasteiger partial charge in [-0.2, -0.15) is 0 Å². The highest BCUT2D eigenvalue weighted by molar-refractivity contribution is 14.1. The van der Waals surface area contributed by atoms with Gasteiger partial charge in [-0.3, -0.25) is 5.32 Å². The molecule has 0 atom stereocenters. The maximum absolute atomic E-state index is 10.7. The van der Waals surface area contributed by atoms with Crippen LogP contribution in [0.4, 0.5) is 10.5 Å². The maximum atomic E-state index is 10.7. The molecule has 0 saturated heterocycles. The average molecular weight is 394 g/mol. The van der Waals surface area contributed by atoms with Crippen LogP contribution in [0.3, 0.4) is 0 Å². The molecule has 0 spiro atoms. The second-order valence-electron chi connectivity index (χ2n) is 3.50. The molecule has 0 aliphatic rings. The normalized spacial score (nSPS) is 9.42. The number of amides is 1. The number of rotatable bonds is 4. The van der Waals surface area contributed by atoms with E-state index in [-0.39, 0.29) is 0 Å². The van der Waals surface area contributed by atoms with E-state index in [4.69, 9.17) is 21.4 Å². The van der Waals surface area contributed by atoms with Crippen LogP contribution >= 0.6 is 34.2 Å². The Morgan fingerprint density at radius 3 is 2.89 bits per heavy atom. The van der Waals surface area contributed by atoms with Gasteiger partial charge >= 0.3 is 6.09 Å². The molecule has 0 fully saturated rings. The zero-order valence-electron chi connectivity index (χ0n) is 10.3. The standard InChI is InChI=1S/C13H13ClINO3/c1-2-3-4-5-6-19-11-8-9(14)7-10(12(11)15)16-13(17)18/h7-8,16H,2,5-6H2,1H3,(H,17,18). The van der Waals surface area contributed by atoms with Crippen molar-refractivity contribution >= 4 is 46.0 Å². The number of nitrogens with one attached hydrogen (secondary N) is 1. The molecule has 1 aromatic rings. The number of carboxylic acid groups (broad SMARTS) is 1. The largest absolute Gasteiger partial charge is 0.491 e.